The van der Waals surface area contributed by atoms with Crippen molar-refractivity contribution in [1.82, 2.24) is 5.32 Å². The third-order valence-electron chi connectivity index (χ3n) is 4.78. The van der Waals surface area contributed by atoms with Gasteiger partial charge in [-0.05, 0) is 54.7 Å². The molecule has 0 aliphatic rings. The maximum atomic E-state index is 12.4. The van der Waals surface area contributed by atoms with Crippen LogP contribution >= 0.6 is 0 Å². The van der Waals surface area contributed by atoms with Crippen molar-refractivity contribution in [3.63, 3.8) is 0 Å². The highest BCUT2D eigenvalue weighted by Crippen LogP contribution is 2.21. The molecule has 0 saturated heterocycles. The Hall–Kier alpha value is -2.61. The summed E-state index contributed by atoms with van der Waals surface area (Å²) in [6, 6.07) is 21.0. The van der Waals surface area contributed by atoms with E-state index in [-0.39, 0.29) is 11.9 Å². The third kappa shape index (κ3) is 4.08. The maximum absolute atomic E-state index is 12.4. The number of carbonyl (C=O) groups is 1. The van der Waals surface area contributed by atoms with E-state index in [1.807, 2.05) is 6.07 Å². The van der Waals surface area contributed by atoms with Crippen LogP contribution in [0.1, 0.15) is 41.6 Å². The van der Waals surface area contributed by atoms with Crippen molar-refractivity contribution in [2.75, 3.05) is 0 Å². The smallest absolute Gasteiger partial charge is 0.220 e. The molecular formula is C23H25NO. The van der Waals surface area contributed by atoms with Gasteiger partial charge in [0.05, 0.1) is 6.04 Å². The van der Waals surface area contributed by atoms with Crippen molar-refractivity contribution in [3.05, 3.63) is 82.9 Å². The number of hydrogen-bond donors (Lipinski definition) is 1. The van der Waals surface area contributed by atoms with Gasteiger partial charge in [0, 0.05) is 6.42 Å². The number of nitrogens with one attached hydrogen (secondary N) is 1. The van der Waals surface area contributed by atoms with Crippen LogP contribution in [0.4, 0.5) is 0 Å². The van der Waals surface area contributed by atoms with E-state index in [4.69, 9.17) is 0 Å². The molecule has 3 aromatic carbocycles. The normalized spacial score (nSPS) is 12.1. The van der Waals surface area contributed by atoms with Crippen LogP contribution in [0.3, 0.4) is 0 Å². The van der Waals surface area contributed by atoms with Gasteiger partial charge in [0.2, 0.25) is 5.91 Å². The Morgan fingerprint density at radius 1 is 1.00 bits per heavy atom. The molecule has 25 heavy (non-hydrogen) atoms. The highest BCUT2D eigenvalue weighted by atomic mass is 16.1. The van der Waals surface area contributed by atoms with Gasteiger partial charge < -0.3 is 5.32 Å². The largest absolute Gasteiger partial charge is 0.350 e. The Bertz CT molecular complexity index is 892. The van der Waals surface area contributed by atoms with E-state index in [1.54, 1.807) is 0 Å². The molecule has 2 nitrogen and oxygen atoms in total. The Kier molecular flexibility index (Phi) is 5.18. The first kappa shape index (κ1) is 17.2. The van der Waals surface area contributed by atoms with Gasteiger partial charge in [0.1, 0.15) is 0 Å². The van der Waals surface area contributed by atoms with Crippen LogP contribution in [0.2, 0.25) is 0 Å². The molecule has 0 bridgehead atoms. The maximum Gasteiger partial charge on any atom is 0.220 e. The van der Waals surface area contributed by atoms with Gasteiger partial charge in [-0.25, -0.2) is 0 Å². The first-order valence-corrected chi connectivity index (χ1v) is 8.88. The van der Waals surface area contributed by atoms with E-state index < -0.39 is 0 Å². The fourth-order valence-corrected chi connectivity index (χ4v) is 3.38. The average molecular weight is 331 g/mol. The SMILES string of the molecule is Cc1ccc(C)c(C(C)NC(=O)CCc2cccc3ccccc23)c1. The topological polar surface area (TPSA) is 29.1 Å². The van der Waals surface area contributed by atoms with Crippen molar-refractivity contribution < 1.29 is 4.79 Å². The van der Waals surface area contributed by atoms with Crippen LogP contribution in [-0.4, -0.2) is 5.91 Å². The molecule has 0 aliphatic carbocycles. The lowest BCUT2D eigenvalue weighted by Crippen LogP contribution is -2.27. The number of aryl methyl sites for hydroxylation is 3. The number of rotatable bonds is 5. The van der Waals surface area contributed by atoms with Gasteiger partial charge in [0.15, 0.2) is 0 Å². The Morgan fingerprint density at radius 2 is 1.76 bits per heavy atom. The second-order valence-corrected chi connectivity index (χ2v) is 6.79. The molecule has 1 amide bonds. The first-order chi connectivity index (χ1) is 12.0. The van der Waals surface area contributed by atoms with E-state index in [0.717, 1.165) is 6.42 Å². The highest BCUT2D eigenvalue weighted by Gasteiger charge is 2.12. The molecule has 1 atom stereocenters. The average Bonchev–Trinajstić information content (AvgIpc) is 2.61. The molecule has 0 saturated carbocycles. The second-order valence-electron chi connectivity index (χ2n) is 6.79. The number of fused-ring (bicyclic) bond motifs is 1. The van der Waals surface area contributed by atoms with Crippen LogP contribution in [0.15, 0.2) is 60.7 Å². The molecule has 2 heteroatoms. The zero-order valence-corrected chi connectivity index (χ0v) is 15.2. The van der Waals surface area contributed by atoms with Gasteiger partial charge in [-0.2, -0.15) is 0 Å². The van der Waals surface area contributed by atoms with Crippen LogP contribution in [0.5, 0.6) is 0 Å². The fraction of sp³-hybridized carbons (Fsp3) is 0.261. The van der Waals surface area contributed by atoms with E-state index in [0.29, 0.717) is 6.42 Å². The summed E-state index contributed by atoms with van der Waals surface area (Å²) in [6.07, 6.45) is 1.26. The molecule has 1 N–H and O–H groups in total. The Morgan fingerprint density at radius 3 is 2.60 bits per heavy atom. The highest BCUT2D eigenvalue weighted by molar-refractivity contribution is 5.86. The molecule has 3 rings (SSSR count). The Labute approximate surface area is 149 Å². The lowest BCUT2D eigenvalue weighted by Gasteiger charge is -2.17. The van der Waals surface area contributed by atoms with E-state index in [2.05, 4.69) is 80.7 Å². The van der Waals surface area contributed by atoms with Crippen LogP contribution in [-0.2, 0) is 11.2 Å². The van der Waals surface area contributed by atoms with Crippen molar-refractivity contribution in [1.29, 1.82) is 0 Å². The molecule has 0 spiro atoms. The lowest BCUT2D eigenvalue weighted by atomic mass is 9.99. The first-order valence-electron chi connectivity index (χ1n) is 8.88. The molecular weight excluding hydrogens is 306 g/mol. The molecule has 1 unspecified atom stereocenters. The molecule has 0 radical (unpaired) electrons. The zero-order chi connectivity index (χ0) is 17.8. The zero-order valence-electron chi connectivity index (χ0n) is 15.2. The van der Waals surface area contributed by atoms with Crippen LogP contribution in [0, 0.1) is 13.8 Å². The Balaban J connectivity index is 1.65. The minimum absolute atomic E-state index is 0.0277. The van der Waals surface area contributed by atoms with E-state index in [9.17, 15) is 4.79 Å². The summed E-state index contributed by atoms with van der Waals surface area (Å²) < 4.78 is 0. The molecule has 0 fully saturated rings. The van der Waals surface area contributed by atoms with Gasteiger partial charge in [0.25, 0.3) is 0 Å². The van der Waals surface area contributed by atoms with E-state index >= 15 is 0 Å². The van der Waals surface area contributed by atoms with Crippen LogP contribution in [0.25, 0.3) is 10.8 Å². The van der Waals surface area contributed by atoms with Crippen molar-refractivity contribution in [2.45, 2.75) is 39.7 Å². The summed E-state index contributed by atoms with van der Waals surface area (Å²) in [5.74, 6) is 0.0985. The summed E-state index contributed by atoms with van der Waals surface area (Å²) in [4.78, 5) is 12.4. The molecule has 3 aromatic rings. The standard InChI is InChI=1S/C23H25NO/c1-16-11-12-17(2)22(15-16)18(3)24-23(25)14-13-20-9-6-8-19-7-4-5-10-21(19)20/h4-12,15,18H,13-14H2,1-3H3,(H,24,25). The van der Waals surface area contributed by atoms with Gasteiger partial charge in [-0.1, -0.05) is 66.2 Å². The van der Waals surface area contributed by atoms with Crippen molar-refractivity contribution in [2.24, 2.45) is 0 Å². The van der Waals surface area contributed by atoms with Crippen molar-refractivity contribution >= 4 is 16.7 Å². The summed E-state index contributed by atoms with van der Waals surface area (Å²) in [5.41, 5.74) is 4.86. The minimum atomic E-state index is 0.0277. The summed E-state index contributed by atoms with van der Waals surface area (Å²) >= 11 is 0. The van der Waals surface area contributed by atoms with Gasteiger partial charge >= 0.3 is 0 Å². The van der Waals surface area contributed by atoms with E-state index in [1.165, 1.54) is 33.0 Å². The molecule has 0 aromatic heterocycles. The molecule has 128 valence electrons. The number of benzene rings is 3. The predicted octanol–water partition coefficient (Wildman–Crippen LogP) is 5.27. The number of amides is 1. The molecule has 0 heterocycles. The summed E-state index contributed by atoms with van der Waals surface area (Å²) in [6.45, 7) is 6.23. The summed E-state index contributed by atoms with van der Waals surface area (Å²) in [7, 11) is 0. The predicted molar refractivity (Wildman–Crippen MR) is 105 cm³/mol. The third-order valence-corrected chi connectivity index (χ3v) is 4.78. The van der Waals surface area contributed by atoms with Gasteiger partial charge in [-0.3, -0.25) is 4.79 Å². The van der Waals surface area contributed by atoms with Gasteiger partial charge in [-0.15, -0.1) is 0 Å². The monoisotopic (exact) mass is 331 g/mol. The minimum Gasteiger partial charge on any atom is -0.350 e. The second kappa shape index (κ2) is 7.52. The fourth-order valence-electron chi connectivity index (χ4n) is 3.38. The molecule has 0 aliphatic heterocycles. The number of hydrogen-bond acceptors (Lipinski definition) is 1. The quantitative estimate of drug-likeness (QED) is 0.678. The number of carbonyl (C=O) groups excluding carboxylic acids is 1. The lowest BCUT2D eigenvalue weighted by molar-refractivity contribution is -0.121. The van der Waals surface area contributed by atoms with Crippen molar-refractivity contribution in [3.8, 4) is 0 Å². The van der Waals surface area contributed by atoms with Crippen LogP contribution < -0.4 is 5.32 Å². The summed E-state index contributed by atoms with van der Waals surface area (Å²) in [5, 5.41) is 5.61.